The molecule has 512 valence electrons. The van der Waals surface area contributed by atoms with E-state index in [0.717, 1.165) is 109 Å². The monoisotopic (exact) mass is 1420 g/mol. The number of nitriles is 2. The Morgan fingerprint density at radius 2 is 0.618 bits per heavy atom. The average molecular weight is 1420 g/mol. The summed E-state index contributed by atoms with van der Waals surface area (Å²) in [5, 5.41) is 35.6. The van der Waals surface area contributed by atoms with Crippen LogP contribution in [0.5, 0.6) is 0 Å². The maximum absolute atomic E-state index is 11.0. The lowest BCUT2D eigenvalue weighted by atomic mass is 9.82. The van der Waals surface area contributed by atoms with Gasteiger partial charge in [0.1, 0.15) is 12.1 Å². The Kier molecular flexibility index (Phi) is 13.1. The summed E-state index contributed by atoms with van der Waals surface area (Å²) >= 11 is 1.79. The molecule has 15 aromatic carbocycles. The highest BCUT2D eigenvalue weighted by Gasteiger charge is 2.39. The van der Waals surface area contributed by atoms with Crippen molar-refractivity contribution in [2.24, 2.45) is 0 Å². The van der Waals surface area contributed by atoms with E-state index in [1.54, 1.807) is 11.3 Å². The van der Waals surface area contributed by atoms with E-state index < -0.39 is 0 Å². The quantitative estimate of drug-likeness (QED) is 0.161. The van der Waals surface area contributed by atoms with Crippen LogP contribution >= 0.6 is 11.3 Å². The number of nitrogens with zero attached hydrogens (tertiary/aromatic N) is 9. The van der Waals surface area contributed by atoms with Crippen LogP contribution in [0, 0.1) is 35.8 Å². The minimum atomic E-state index is -0.229. The second-order valence-electron chi connectivity index (χ2n) is 30.3. The summed E-state index contributed by atoms with van der Waals surface area (Å²) in [6, 6.07) is 110. The van der Waals surface area contributed by atoms with Crippen molar-refractivity contribution in [1.82, 2.24) is 22.8 Å². The molecule has 0 radical (unpaired) electrons. The van der Waals surface area contributed by atoms with Crippen molar-refractivity contribution in [3.8, 4) is 62.8 Å². The van der Waals surface area contributed by atoms with Gasteiger partial charge in [0.2, 0.25) is 11.4 Å². The molecular formula is C100H61N9S. The zero-order valence-corrected chi connectivity index (χ0v) is 61.0. The van der Waals surface area contributed by atoms with E-state index in [4.69, 9.17) is 13.1 Å². The molecule has 21 aromatic rings. The van der Waals surface area contributed by atoms with Gasteiger partial charge in [0, 0.05) is 90.6 Å². The van der Waals surface area contributed by atoms with Crippen LogP contribution in [0.15, 0.2) is 297 Å². The molecule has 0 aliphatic heterocycles. The number of fused-ring (bicyclic) bond motifs is 24. The highest BCUT2D eigenvalue weighted by molar-refractivity contribution is 7.25. The van der Waals surface area contributed by atoms with Crippen LogP contribution in [0.4, 0.5) is 11.4 Å². The third-order valence-electron chi connectivity index (χ3n) is 24.0. The highest BCUT2D eigenvalue weighted by atomic mass is 32.1. The molecule has 9 nitrogen and oxygen atoms in total. The van der Waals surface area contributed by atoms with Crippen LogP contribution in [-0.2, 0) is 10.8 Å². The molecule has 0 unspecified atom stereocenters. The first-order chi connectivity index (χ1) is 53.9. The number of hydrogen-bond donors (Lipinski definition) is 0. The van der Waals surface area contributed by atoms with Gasteiger partial charge in [0.05, 0.1) is 102 Å². The molecule has 0 saturated carbocycles. The molecule has 10 heteroatoms. The van der Waals surface area contributed by atoms with E-state index in [1.807, 2.05) is 78.9 Å². The van der Waals surface area contributed by atoms with E-state index >= 15 is 0 Å². The Balaban J connectivity index is 0.000000136. The van der Waals surface area contributed by atoms with Gasteiger partial charge in [0.15, 0.2) is 0 Å². The predicted molar refractivity (Wildman–Crippen MR) is 455 cm³/mol. The third kappa shape index (κ3) is 8.57. The molecule has 0 atom stereocenters. The highest BCUT2D eigenvalue weighted by Crippen LogP contribution is 2.55. The molecule has 6 aromatic heterocycles. The smallest absolute Gasteiger partial charge is 0.212 e. The largest absolute Gasteiger partial charge is 0.319 e. The van der Waals surface area contributed by atoms with Crippen molar-refractivity contribution in [2.75, 3.05) is 0 Å². The van der Waals surface area contributed by atoms with Crippen LogP contribution in [-0.4, -0.2) is 22.8 Å². The summed E-state index contributed by atoms with van der Waals surface area (Å²) in [6.07, 6.45) is 0. The van der Waals surface area contributed by atoms with Crippen molar-refractivity contribution in [3.63, 3.8) is 0 Å². The summed E-state index contributed by atoms with van der Waals surface area (Å²) in [7, 11) is 0. The van der Waals surface area contributed by atoms with Crippen molar-refractivity contribution >= 4 is 152 Å². The minimum Gasteiger partial charge on any atom is -0.319 e. The van der Waals surface area contributed by atoms with E-state index in [-0.39, 0.29) is 10.8 Å². The molecule has 2 aliphatic rings. The first-order valence-electron chi connectivity index (χ1n) is 37.1. The zero-order chi connectivity index (χ0) is 73.7. The molecule has 0 N–H and O–H groups in total. The van der Waals surface area contributed by atoms with Gasteiger partial charge in [0.25, 0.3) is 0 Å². The minimum absolute atomic E-state index is 0.196. The Bertz CT molecular complexity index is 7800. The summed E-state index contributed by atoms with van der Waals surface area (Å²) in [4.78, 5) is 8.43. The van der Waals surface area contributed by atoms with Gasteiger partial charge in [-0.15, -0.1) is 11.3 Å². The van der Waals surface area contributed by atoms with Crippen molar-refractivity contribution in [1.29, 1.82) is 10.5 Å². The lowest BCUT2D eigenvalue weighted by Crippen LogP contribution is -2.15. The third-order valence-corrected chi connectivity index (χ3v) is 25.2. The number of benzene rings is 15. The molecule has 110 heavy (non-hydrogen) atoms. The Hall–Kier alpha value is -14.5. The van der Waals surface area contributed by atoms with Gasteiger partial charge in [-0.2, -0.15) is 10.5 Å². The normalized spacial score (nSPS) is 13.2. The van der Waals surface area contributed by atoms with Crippen LogP contribution in [0.3, 0.4) is 0 Å². The molecule has 23 rings (SSSR count). The first-order valence-corrected chi connectivity index (χ1v) is 37.9. The van der Waals surface area contributed by atoms with Gasteiger partial charge >= 0.3 is 0 Å². The second-order valence-corrected chi connectivity index (χ2v) is 31.4. The molecule has 2 aliphatic carbocycles. The van der Waals surface area contributed by atoms with Gasteiger partial charge in [-0.1, -0.05) is 204 Å². The van der Waals surface area contributed by atoms with Crippen LogP contribution in [0.2, 0.25) is 0 Å². The Morgan fingerprint density at radius 1 is 0.273 bits per heavy atom. The van der Waals surface area contributed by atoms with Gasteiger partial charge in [-0.25, -0.2) is 9.69 Å². The number of thiophene rings is 1. The van der Waals surface area contributed by atoms with Gasteiger partial charge < -0.3 is 22.8 Å². The topological polar surface area (TPSA) is 81.0 Å². The standard InChI is InChI=1S/C53H33N5.C47H28N4S/c1-53(2)42-21-11-7-17-34(42)38-26-40-41-27-39-37-20-10-12-22-45(37)56(33-15-5-4-6-16-33)50(39)30-51(41)58(49(40)28-43(38)53)52-25-32(31-54)48(29-44(52)55-3)57-46-23-13-8-18-35(46)36-19-9-14-24-47(36)57;1-47(2)36-16-8-4-12-28(36)32-21-33-34-22-35-31-15-7-11-19-45(31)52-46(35)25-43(34)51(42(33)23-37(32)47)44-20-27(26-48)41(24-38(44)49-3)50-39-17-9-5-13-29(39)30-14-6-10-18-40(30)50/h4-30H,1-2H3;4-25H,1-2H3. The van der Waals surface area contributed by atoms with Crippen molar-refractivity contribution < 1.29 is 0 Å². The summed E-state index contributed by atoms with van der Waals surface area (Å²) in [5.41, 5.74) is 25.9. The molecule has 0 fully saturated rings. The van der Waals surface area contributed by atoms with Crippen LogP contribution in [0.25, 0.3) is 190 Å². The molecule has 6 heterocycles. The Morgan fingerprint density at radius 3 is 1.08 bits per heavy atom. The summed E-state index contributed by atoms with van der Waals surface area (Å²) in [6.45, 7) is 26.5. The second kappa shape index (κ2) is 23.0. The zero-order valence-electron chi connectivity index (χ0n) is 60.2. The van der Waals surface area contributed by atoms with Crippen molar-refractivity contribution in [2.45, 2.75) is 38.5 Å². The Labute approximate surface area is 635 Å². The van der Waals surface area contributed by atoms with E-state index in [2.05, 4.69) is 291 Å². The molecule has 0 bridgehead atoms. The van der Waals surface area contributed by atoms with Crippen LogP contribution < -0.4 is 0 Å². The van der Waals surface area contributed by atoms with E-state index in [1.165, 1.54) is 70.1 Å². The number of para-hydroxylation sites is 6. The summed E-state index contributed by atoms with van der Waals surface area (Å²) in [5.74, 6) is 0. The molecule has 0 amide bonds. The molecular weight excluding hydrogens is 1360 g/mol. The lowest BCUT2D eigenvalue weighted by Gasteiger charge is -2.22. The maximum atomic E-state index is 11.0. The SMILES string of the molecule is [C-]#[N+]c1cc(-n2c3ccccc3c3ccccc32)c(C#N)cc1-n1c2cc3c(cc2c2cc4c(cc21)sc1ccccc14)-c1ccccc1C3(C)C.[C-]#[N+]c1cc(-n2c3ccccc3c3ccccc32)c(C#N)cc1-n1c2cc3c(cc2c2cc4c5ccccc5n(-c5ccccc5)c4cc21)-c1ccccc1C3(C)C. The number of hydrogen-bond acceptors (Lipinski definition) is 3. The number of aromatic nitrogens is 5. The summed E-state index contributed by atoms with van der Waals surface area (Å²) < 4.78 is 13.6. The fourth-order valence-corrected chi connectivity index (χ4v) is 20.2. The maximum Gasteiger partial charge on any atom is 0.212 e. The fraction of sp³-hybridized carbons (Fsp3) is 0.0600. The number of rotatable bonds is 5. The molecule has 0 spiro atoms. The predicted octanol–water partition coefficient (Wildman–Crippen LogP) is 26.7. The van der Waals surface area contributed by atoms with E-state index in [9.17, 15) is 10.5 Å². The average Bonchev–Trinajstić information content (AvgIpc) is 1.54. The van der Waals surface area contributed by atoms with Gasteiger partial charge in [-0.3, -0.25) is 0 Å². The van der Waals surface area contributed by atoms with Gasteiger partial charge in [-0.05, 0) is 166 Å². The molecule has 0 saturated heterocycles. The fourth-order valence-electron chi connectivity index (χ4n) is 19.1. The first kappa shape index (κ1) is 62.8. The van der Waals surface area contributed by atoms with Crippen LogP contribution in [0.1, 0.15) is 61.1 Å². The lowest BCUT2D eigenvalue weighted by molar-refractivity contribution is 0.661. The van der Waals surface area contributed by atoms with Crippen molar-refractivity contribution in [3.05, 3.63) is 353 Å². The van der Waals surface area contributed by atoms with E-state index in [0.29, 0.717) is 45.3 Å².